The maximum atomic E-state index is 5.48. The summed E-state index contributed by atoms with van der Waals surface area (Å²) in [7, 11) is 0. The van der Waals surface area contributed by atoms with Crippen LogP contribution in [0.15, 0.2) is 0 Å². The van der Waals surface area contributed by atoms with Crippen molar-refractivity contribution in [3.8, 4) is 0 Å². The summed E-state index contributed by atoms with van der Waals surface area (Å²) < 4.78 is 5.48. The van der Waals surface area contributed by atoms with E-state index < -0.39 is 0 Å². The van der Waals surface area contributed by atoms with Crippen LogP contribution in [0.25, 0.3) is 0 Å². The van der Waals surface area contributed by atoms with Crippen LogP contribution < -0.4 is 5.32 Å². The number of rotatable bonds is 6. The van der Waals surface area contributed by atoms with Crippen LogP contribution in [0.2, 0.25) is 0 Å². The van der Waals surface area contributed by atoms with Crippen LogP contribution in [0.4, 0.5) is 0 Å². The van der Waals surface area contributed by atoms with Crippen molar-refractivity contribution in [1.29, 1.82) is 0 Å². The molecule has 4 heteroatoms. The summed E-state index contributed by atoms with van der Waals surface area (Å²) >= 11 is 1.96. The van der Waals surface area contributed by atoms with Crippen molar-refractivity contribution in [1.82, 2.24) is 10.3 Å². The van der Waals surface area contributed by atoms with Crippen molar-refractivity contribution in [2.24, 2.45) is 5.92 Å². The fourth-order valence-corrected chi connectivity index (χ4v) is 4.04. The van der Waals surface area contributed by atoms with Crippen LogP contribution in [0.1, 0.15) is 53.6 Å². The molecule has 0 spiro atoms. The molecule has 1 aliphatic heterocycles. The van der Waals surface area contributed by atoms with E-state index in [0.717, 1.165) is 38.1 Å². The highest BCUT2D eigenvalue weighted by Gasteiger charge is 2.31. The number of thiazole rings is 1. The minimum atomic E-state index is 0.711. The average Bonchev–Trinajstić information content (AvgIpc) is 3.34. The molecule has 1 N–H and O–H groups in total. The molecule has 0 bridgehead atoms. The minimum absolute atomic E-state index is 0.711. The zero-order chi connectivity index (χ0) is 12.7. The van der Waals surface area contributed by atoms with Gasteiger partial charge in [-0.2, -0.15) is 0 Å². The maximum Gasteiger partial charge on any atom is 0.0935 e. The van der Waals surface area contributed by atoms with E-state index in [1.165, 1.54) is 47.7 Å². The van der Waals surface area contributed by atoms with Gasteiger partial charge in [0.1, 0.15) is 0 Å². The fraction of sp³-hybridized carbons (Fsp3) is 0.800. The Labute approximate surface area is 118 Å². The topological polar surface area (TPSA) is 34.2 Å². The molecule has 1 saturated heterocycles. The first-order valence-electron chi connectivity index (χ1n) is 7.68. The lowest BCUT2D eigenvalue weighted by atomic mass is 10.1. The minimum Gasteiger partial charge on any atom is -0.381 e. The van der Waals surface area contributed by atoms with Crippen molar-refractivity contribution >= 4 is 11.3 Å². The molecule has 3 fully saturated rings. The first kappa shape index (κ1) is 12.3. The summed E-state index contributed by atoms with van der Waals surface area (Å²) in [5.74, 6) is 1.49. The van der Waals surface area contributed by atoms with Crippen molar-refractivity contribution in [2.45, 2.75) is 57.0 Å². The molecule has 0 radical (unpaired) electrons. The fourth-order valence-electron chi connectivity index (χ4n) is 2.82. The van der Waals surface area contributed by atoms with Crippen LogP contribution in [0.3, 0.4) is 0 Å². The molecular formula is C15H22N2OS. The Kier molecular flexibility index (Phi) is 3.34. The van der Waals surface area contributed by atoms with Gasteiger partial charge in [-0.3, -0.25) is 0 Å². The van der Waals surface area contributed by atoms with Gasteiger partial charge in [-0.25, -0.2) is 4.98 Å². The predicted molar refractivity (Wildman–Crippen MR) is 76.6 cm³/mol. The molecule has 2 saturated carbocycles. The Hall–Kier alpha value is -0.450. The SMILES string of the molecule is C1CC(Cc2nc(C3CC3)c(CNC3CC3)s2)CO1. The summed E-state index contributed by atoms with van der Waals surface area (Å²) in [5, 5.41) is 5.00. The molecule has 2 aliphatic carbocycles. The molecule has 104 valence electrons. The van der Waals surface area contributed by atoms with Crippen molar-refractivity contribution in [3.05, 3.63) is 15.6 Å². The van der Waals surface area contributed by atoms with Crippen LogP contribution >= 0.6 is 11.3 Å². The monoisotopic (exact) mass is 278 g/mol. The summed E-state index contributed by atoms with van der Waals surface area (Å²) in [6, 6.07) is 0.792. The van der Waals surface area contributed by atoms with Crippen molar-refractivity contribution in [2.75, 3.05) is 13.2 Å². The van der Waals surface area contributed by atoms with Gasteiger partial charge >= 0.3 is 0 Å². The molecule has 1 aromatic rings. The van der Waals surface area contributed by atoms with Gasteiger partial charge < -0.3 is 10.1 Å². The summed E-state index contributed by atoms with van der Waals surface area (Å²) in [5.41, 5.74) is 1.42. The van der Waals surface area contributed by atoms with Crippen LogP contribution in [0, 0.1) is 5.92 Å². The largest absolute Gasteiger partial charge is 0.381 e. The van der Waals surface area contributed by atoms with Gasteiger partial charge in [-0.1, -0.05) is 0 Å². The molecule has 3 nitrogen and oxygen atoms in total. The first-order valence-corrected chi connectivity index (χ1v) is 8.50. The number of nitrogens with zero attached hydrogens (tertiary/aromatic N) is 1. The second-order valence-electron chi connectivity index (χ2n) is 6.28. The third kappa shape index (κ3) is 3.01. The predicted octanol–water partition coefficient (Wildman–Crippen LogP) is 2.85. The van der Waals surface area contributed by atoms with Crippen molar-refractivity contribution < 1.29 is 4.74 Å². The Morgan fingerprint density at radius 2 is 2.11 bits per heavy atom. The number of aromatic nitrogens is 1. The van der Waals surface area contributed by atoms with Gasteiger partial charge in [0.15, 0.2) is 0 Å². The Bertz CT molecular complexity index is 445. The molecule has 1 aromatic heterocycles. The Morgan fingerprint density at radius 3 is 2.79 bits per heavy atom. The van der Waals surface area contributed by atoms with E-state index in [1.807, 2.05) is 11.3 Å². The Morgan fingerprint density at radius 1 is 1.21 bits per heavy atom. The highest BCUT2D eigenvalue weighted by molar-refractivity contribution is 7.11. The number of hydrogen-bond acceptors (Lipinski definition) is 4. The average molecular weight is 278 g/mol. The van der Waals surface area contributed by atoms with Gasteiger partial charge in [-0.05, 0) is 38.0 Å². The Balaban J connectivity index is 1.45. The lowest BCUT2D eigenvalue weighted by Gasteiger charge is -2.02. The zero-order valence-corrected chi connectivity index (χ0v) is 12.2. The van der Waals surface area contributed by atoms with E-state index in [2.05, 4.69) is 5.32 Å². The quantitative estimate of drug-likeness (QED) is 0.869. The first-order chi connectivity index (χ1) is 9.38. The van der Waals surface area contributed by atoms with E-state index in [0.29, 0.717) is 5.92 Å². The van der Waals surface area contributed by atoms with Crippen LogP contribution in [-0.2, 0) is 17.7 Å². The third-order valence-electron chi connectivity index (χ3n) is 4.35. The van der Waals surface area contributed by atoms with Gasteiger partial charge in [-0.15, -0.1) is 11.3 Å². The molecule has 3 aliphatic rings. The highest BCUT2D eigenvalue weighted by Crippen LogP contribution is 2.43. The normalized spacial score (nSPS) is 27.1. The molecule has 4 rings (SSSR count). The smallest absolute Gasteiger partial charge is 0.0935 e. The van der Waals surface area contributed by atoms with E-state index in [-0.39, 0.29) is 0 Å². The molecular weight excluding hydrogens is 256 g/mol. The molecule has 1 unspecified atom stereocenters. The van der Waals surface area contributed by atoms with E-state index in [4.69, 9.17) is 9.72 Å². The lowest BCUT2D eigenvalue weighted by Crippen LogP contribution is -2.15. The summed E-state index contributed by atoms with van der Waals surface area (Å²) in [6.45, 7) is 2.94. The number of ether oxygens (including phenoxy) is 1. The third-order valence-corrected chi connectivity index (χ3v) is 5.45. The van der Waals surface area contributed by atoms with E-state index >= 15 is 0 Å². The highest BCUT2D eigenvalue weighted by atomic mass is 32.1. The summed E-state index contributed by atoms with van der Waals surface area (Å²) in [6.07, 6.45) is 7.79. The molecule has 2 heterocycles. The van der Waals surface area contributed by atoms with E-state index in [9.17, 15) is 0 Å². The lowest BCUT2D eigenvalue weighted by molar-refractivity contribution is 0.186. The van der Waals surface area contributed by atoms with Gasteiger partial charge in [0.05, 0.1) is 10.7 Å². The molecule has 19 heavy (non-hydrogen) atoms. The second kappa shape index (κ2) is 5.15. The summed E-state index contributed by atoms with van der Waals surface area (Å²) in [4.78, 5) is 6.47. The van der Waals surface area contributed by atoms with Crippen molar-refractivity contribution in [3.63, 3.8) is 0 Å². The van der Waals surface area contributed by atoms with Gasteiger partial charge in [0.25, 0.3) is 0 Å². The second-order valence-corrected chi connectivity index (χ2v) is 7.45. The number of nitrogens with one attached hydrogen (secondary N) is 1. The van der Waals surface area contributed by atoms with Crippen LogP contribution in [0.5, 0.6) is 0 Å². The van der Waals surface area contributed by atoms with Crippen LogP contribution in [-0.4, -0.2) is 24.2 Å². The van der Waals surface area contributed by atoms with Gasteiger partial charge in [0.2, 0.25) is 0 Å². The molecule has 0 aromatic carbocycles. The number of hydrogen-bond donors (Lipinski definition) is 1. The zero-order valence-electron chi connectivity index (χ0n) is 11.4. The maximum absolute atomic E-state index is 5.48. The van der Waals surface area contributed by atoms with E-state index in [1.54, 1.807) is 0 Å². The van der Waals surface area contributed by atoms with Gasteiger partial charge in [0, 0.05) is 43.0 Å². The molecule has 0 amide bonds. The standard InChI is InChI=1S/C15H22N2OS/c1-2-11(1)15-13(8-16-12-3-4-12)19-14(17-15)7-10-5-6-18-9-10/h10-12,16H,1-9H2. The molecule has 1 atom stereocenters.